The summed E-state index contributed by atoms with van der Waals surface area (Å²) >= 11 is 5.77. The molecule has 0 fully saturated rings. The highest BCUT2D eigenvalue weighted by molar-refractivity contribution is 7.90. The topological polar surface area (TPSA) is 59.9 Å². The number of aromatic nitrogens is 2. The van der Waals surface area contributed by atoms with Crippen molar-refractivity contribution in [2.75, 3.05) is 6.26 Å². The summed E-state index contributed by atoms with van der Waals surface area (Å²) < 4.78 is 22.5. The molecule has 0 spiro atoms. The van der Waals surface area contributed by atoms with E-state index in [1.807, 2.05) is 0 Å². The molecule has 1 aromatic carbocycles. The van der Waals surface area contributed by atoms with E-state index < -0.39 is 9.84 Å². The van der Waals surface area contributed by atoms with Crippen LogP contribution >= 0.6 is 11.6 Å². The fraction of sp³-hybridized carbons (Fsp3) is 0.111. The fourth-order valence-corrected chi connectivity index (χ4v) is 1.82. The first-order valence-electron chi connectivity index (χ1n) is 4.09. The summed E-state index contributed by atoms with van der Waals surface area (Å²) in [5, 5.41) is 0.458. The summed E-state index contributed by atoms with van der Waals surface area (Å²) in [6.07, 6.45) is 2.33. The van der Waals surface area contributed by atoms with Crippen LogP contribution < -0.4 is 0 Å². The Kier molecular flexibility index (Phi) is 2.36. The van der Waals surface area contributed by atoms with Crippen molar-refractivity contribution >= 4 is 32.5 Å². The van der Waals surface area contributed by atoms with Crippen molar-refractivity contribution in [2.24, 2.45) is 0 Å². The predicted molar refractivity (Wildman–Crippen MR) is 57.7 cm³/mol. The van der Waals surface area contributed by atoms with E-state index in [4.69, 9.17) is 11.6 Å². The van der Waals surface area contributed by atoms with Crippen LogP contribution in [0.5, 0.6) is 0 Å². The molecule has 0 aliphatic heterocycles. The van der Waals surface area contributed by atoms with Gasteiger partial charge in [0.1, 0.15) is 0 Å². The largest absolute Gasteiger partial charge is 0.252 e. The van der Waals surface area contributed by atoms with Gasteiger partial charge in [0.05, 0.1) is 17.2 Å². The zero-order valence-electron chi connectivity index (χ0n) is 7.81. The molecule has 1 heterocycles. The molecule has 1 aromatic heterocycles. The Bertz CT molecular complexity index is 625. The lowest BCUT2D eigenvalue weighted by molar-refractivity contribution is 0.598. The molecule has 2 aromatic rings. The van der Waals surface area contributed by atoms with Crippen LogP contribution in [0.1, 0.15) is 0 Å². The van der Waals surface area contributed by atoms with Gasteiger partial charge in [-0.2, -0.15) is 0 Å². The Morgan fingerprint density at radius 2 is 2.00 bits per heavy atom. The van der Waals surface area contributed by atoms with Gasteiger partial charge in [0, 0.05) is 11.3 Å². The van der Waals surface area contributed by atoms with E-state index >= 15 is 0 Å². The van der Waals surface area contributed by atoms with Crippen LogP contribution in [-0.2, 0) is 9.84 Å². The highest BCUT2D eigenvalue weighted by Gasteiger charge is 2.10. The van der Waals surface area contributed by atoms with E-state index in [0.29, 0.717) is 16.1 Å². The third kappa shape index (κ3) is 2.08. The predicted octanol–water partition coefficient (Wildman–Crippen LogP) is 1.69. The van der Waals surface area contributed by atoms with Crippen molar-refractivity contribution in [1.29, 1.82) is 0 Å². The average molecular weight is 243 g/mol. The van der Waals surface area contributed by atoms with E-state index in [1.165, 1.54) is 6.20 Å². The Morgan fingerprint density at radius 1 is 1.27 bits per heavy atom. The van der Waals surface area contributed by atoms with Gasteiger partial charge in [-0.25, -0.2) is 13.4 Å². The van der Waals surface area contributed by atoms with Crippen LogP contribution in [-0.4, -0.2) is 24.6 Å². The van der Waals surface area contributed by atoms with Gasteiger partial charge < -0.3 is 0 Å². The van der Waals surface area contributed by atoms with Gasteiger partial charge in [-0.15, -0.1) is 0 Å². The molecule has 0 saturated carbocycles. The van der Waals surface area contributed by atoms with Gasteiger partial charge in [-0.1, -0.05) is 11.6 Å². The normalized spacial score (nSPS) is 11.9. The minimum atomic E-state index is -3.32. The number of nitrogens with zero attached hydrogens (tertiary/aromatic N) is 2. The summed E-state index contributed by atoms with van der Waals surface area (Å²) in [6, 6.07) is 4.95. The van der Waals surface area contributed by atoms with Gasteiger partial charge in [-0.3, -0.25) is 4.98 Å². The zero-order chi connectivity index (χ0) is 11.1. The second-order valence-electron chi connectivity index (χ2n) is 3.11. The number of benzene rings is 1. The van der Waals surface area contributed by atoms with Crippen molar-refractivity contribution in [1.82, 2.24) is 9.97 Å². The molecule has 4 nitrogen and oxygen atoms in total. The lowest BCUT2D eigenvalue weighted by Crippen LogP contribution is -2.01. The van der Waals surface area contributed by atoms with Gasteiger partial charge in [0.25, 0.3) is 0 Å². The van der Waals surface area contributed by atoms with Crippen molar-refractivity contribution < 1.29 is 8.42 Å². The maximum atomic E-state index is 11.2. The number of rotatable bonds is 1. The second kappa shape index (κ2) is 3.43. The molecule has 0 bridgehead atoms. The van der Waals surface area contributed by atoms with Crippen LogP contribution in [0.2, 0.25) is 5.02 Å². The summed E-state index contributed by atoms with van der Waals surface area (Å²) in [6.45, 7) is 0. The van der Waals surface area contributed by atoms with E-state index in [0.717, 1.165) is 6.26 Å². The number of hydrogen-bond acceptors (Lipinski definition) is 4. The number of hydrogen-bond donors (Lipinski definition) is 0. The SMILES string of the molecule is CS(=O)(=O)c1cnc2ccc(Cl)cc2n1. The van der Waals surface area contributed by atoms with Crippen molar-refractivity contribution in [3.8, 4) is 0 Å². The van der Waals surface area contributed by atoms with Crippen LogP contribution in [0.4, 0.5) is 0 Å². The maximum absolute atomic E-state index is 11.2. The molecular weight excluding hydrogens is 236 g/mol. The Hall–Kier alpha value is -1.20. The van der Waals surface area contributed by atoms with Crippen molar-refractivity contribution in [2.45, 2.75) is 5.03 Å². The van der Waals surface area contributed by atoms with Crippen molar-refractivity contribution in [3.63, 3.8) is 0 Å². The van der Waals surface area contributed by atoms with Gasteiger partial charge in [0.2, 0.25) is 0 Å². The first kappa shape index (κ1) is 10.3. The zero-order valence-corrected chi connectivity index (χ0v) is 9.38. The summed E-state index contributed by atoms with van der Waals surface area (Å²) in [5.41, 5.74) is 1.09. The van der Waals surface area contributed by atoms with Gasteiger partial charge in [-0.05, 0) is 18.2 Å². The summed E-state index contributed by atoms with van der Waals surface area (Å²) in [5.74, 6) is 0. The lowest BCUT2D eigenvalue weighted by Gasteiger charge is -2.00. The Labute approximate surface area is 91.8 Å². The highest BCUT2D eigenvalue weighted by Crippen LogP contribution is 2.17. The first-order chi connectivity index (χ1) is 6.97. The summed E-state index contributed by atoms with van der Waals surface area (Å²) in [7, 11) is -3.32. The number of fused-ring (bicyclic) bond motifs is 1. The van der Waals surface area contributed by atoms with Crippen LogP contribution in [0.25, 0.3) is 11.0 Å². The molecule has 0 saturated heterocycles. The molecule has 6 heteroatoms. The standard InChI is InChI=1S/C9H7ClN2O2S/c1-15(13,14)9-5-11-7-3-2-6(10)4-8(7)12-9/h2-5H,1H3. The molecule has 0 radical (unpaired) electrons. The smallest absolute Gasteiger partial charge is 0.194 e. The van der Waals surface area contributed by atoms with E-state index in [-0.39, 0.29) is 5.03 Å². The van der Waals surface area contributed by atoms with Gasteiger partial charge in [0.15, 0.2) is 14.9 Å². The monoisotopic (exact) mass is 242 g/mol. The molecule has 0 amide bonds. The lowest BCUT2D eigenvalue weighted by atomic mass is 10.3. The molecule has 2 rings (SSSR count). The fourth-order valence-electron chi connectivity index (χ4n) is 1.15. The minimum absolute atomic E-state index is 0.0442. The van der Waals surface area contributed by atoms with Crippen LogP contribution in [0.15, 0.2) is 29.4 Å². The third-order valence-corrected chi connectivity index (χ3v) is 3.05. The maximum Gasteiger partial charge on any atom is 0.194 e. The highest BCUT2D eigenvalue weighted by atomic mass is 35.5. The van der Waals surface area contributed by atoms with E-state index in [2.05, 4.69) is 9.97 Å². The van der Waals surface area contributed by atoms with E-state index in [1.54, 1.807) is 18.2 Å². The number of halogens is 1. The molecule has 0 atom stereocenters. The molecule has 0 N–H and O–H groups in total. The molecule has 0 aliphatic rings. The van der Waals surface area contributed by atoms with Gasteiger partial charge >= 0.3 is 0 Å². The van der Waals surface area contributed by atoms with Crippen LogP contribution in [0.3, 0.4) is 0 Å². The second-order valence-corrected chi connectivity index (χ2v) is 5.51. The Balaban J connectivity index is 2.75. The van der Waals surface area contributed by atoms with E-state index in [9.17, 15) is 8.42 Å². The minimum Gasteiger partial charge on any atom is -0.252 e. The molecule has 0 unspecified atom stereocenters. The molecule has 78 valence electrons. The molecular formula is C9H7ClN2O2S. The average Bonchev–Trinajstić information content (AvgIpc) is 2.15. The van der Waals surface area contributed by atoms with Crippen LogP contribution in [0, 0.1) is 0 Å². The molecule has 0 aliphatic carbocycles. The third-order valence-electron chi connectivity index (χ3n) is 1.86. The first-order valence-corrected chi connectivity index (χ1v) is 6.36. The number of sulfone groups is 1. The summed E-state index contributed by atoms with van der Waals surface area (Å²) in [4.78, 5) is 7.96. The quantitative estimate of drug-likeness (QED) is 0.764. The van der Waals surface area contributed by atoms with Crippen molar-refractivity contribution in [3.05, 3.63) is 29.4 Å². The Morgan fingerprint density at radius 3 is 2.67 bits per heavy atom. The molecule has 15 heavy (non-hydrogen) atoms.